The molecule has 2 aromatic carbocycles. The summed E-state index contributed by atoms with van der Waals surface area (Å²) in [4.78, 5) is 25.3. The predicted octanol–water partition coefficient (Wildman–Crippen LogP) is 3.11. The van der Waals surface area contributed by atoms with Gasteiger partial charge in [0.1, 0.15) is 6.04 Å². The van der Waals surface area contributed by atoms with Crippen LogP contribution in [0, 0.1) is 6.92 Å². The van der Waals surface area contributed by atoms with E-state index in [0.29, 0.717) is 11.3 Å². The first kappa shape index (κ1) is 14.8. The summed E-state index contributed by atoms with van der Waals surface area (Å²) in [7, 11) is 0. The van der Waals surface area contributed by atoms with Crippen LogP contribution in [0.1, 0.15) is 22.8 Å². The number of aryl methyl sites for hydroxylation is 1. The Morgan fingerprint density at radius 1 is 1.00 bits per heavy atom. The number of hydrogen-bond donors (Lipinski definition) is 1. The average molecular weight is 283 g/mol. The number of anilines is 1. The fourth-order valence-corrected chi connectivity index (χ4v) is 2.05. The lowest BCUT2D eigenvalue weighted by molar-refractivity contribution is -0.138. The van der Waals surface area contributed by atoms with Gasteiger partial charge in [-0.15, -0.1) is 0 Å². The maximum atomic E-state index is 12.6. The minimum atomic E-state index is -1.04. The molecule has 0 aliphatic rings. The molecule has 0 aliphatic carbocycles. The summed E-state index contributed by atoms with van der Waals surface area (Å²) in [6.45, 7) is 3.44. The van der Waals surface area contributed by atoms with Gasteiger partial charge in [-0.2, -0.15) is 0 Å². The second kappa shape index (κ2) is 6.22. The van der Waals surface area contributed by atoms with E-state index in [-0.39, 0.29) is 5.91 Å². The van der Waals surface area contributed by atoms with Crippen LogP contribution in [0.15, 0.2) is 54.6 Å². The highest BCUT2D eigenvalue weighted by Gasteiger charge is 2.27. The number of carbonyl (C=O) groups is 2. The van der Waals surface area contributed by atoms with Crippen molar-refractivity contribution in [3.63, 3.8) is 0 Å². The standard InChI is InChI=1S/C17H17NO3/c1-12-8-10-15(11-9-12)18(13(2)17(20)21)16(19)14-6-4-3-5-7-14/h3-11,13H,1-2H3,(H,20,21)/t13-/m0/s1. The number of carboxylic acids is 1. The molecule has 0 radical (unpaired) electrons. The van der Waals surface area contributed by atoms with Crippen LogP contribution in [0.2, 0.25) is 0 Å². The first-order valence-electron chi connectivity index (χ1n) is 6.69. The van der Waals surface area contributed by atoms with Crippen LogP contribution in [0.4, 0.5) is 5.69 Å². The molecule has 4 heteroatoms. The second-order valence-electron chi connectivity index (χ2n) is 4.89. The molecule has 0 aliphatic heterocycles. The van der Waals surface area contributed by atoms with E-state index in [1.807, 2.05) is 25.1 Å². The van der Waals surface area contributed by atoms with Gasteiger partial charge in [0.15, 0.2) is 0 Å². The van der Waals surface area contributed by atoms with Crippen molar-refractivity contribution in [2.45, 2.75) is 19.9 Å². The maximum Gasteiger partial charge on any atom is 0.326 e. The number of aliphatic carboxylic acids is 1. The van der Waals surface area contributed by atoms with Gasteiger partial charge in [-0.1, -0.05) is 35.9 Å². The van der Waals surface area contributed by atoms with E-state index in [2.05, 4.69) is 0 Å². The van der Waals surface area contributed by atoms with Crippen LogP contribution < -0.4 is 4.90 Å². The van der Waals surface area contributed by atoms with E-state index >= 15 is 0 Å². The zero-order chi connectivity index (χ0) is 15.4. The van der Waals surface area contributed by atoms with Crippen molar-refractivity contribution in [2.75, 3.05) is 4.90 Å². The topological polar surface area (TPSA) is 57.6 Å². The van der Waals surface area contributed by atoms with Gasteiger partial charge in [-0.05, 0) is 38.1 Å². The fraction of sp³-hybridized carbons (Fsp3) is 0.176. The van der Waals surface area contributed by atoms with Gasteiger partial charge in [0.2, 0.25) is 0 Å². The predicted molar refractivity (Wildman–Crippen MR) is 81.5 cm³/mol. The lowest BCUT2D eigenvalue weighted by atomic mass is 10.1. The Morgan fingerprint density at radius 2 is 1.57 bits per heavy atom. The molecule has 0 saturated carbocycles. The Bertz CT molecular complexity index is 635. The van der Waals surface area contributed by atoms with Gasteiger partial charge < -0.3 is 5.11 Å². The van der Waals surface area contributed by atoms with Crippen LogP contribution in [-0.4, -0.2) is 23.0 Å². The molecule has 0 spiro atoms. The van der Waals surface area contributed by atoms with E-state index in [1.165, 1.54) is 11.8 Å². The Balaban J connectivity index is 2.44. The largest absolute Gasteiger partial charge is 0.480 e. The molecule has 2 rings (SSSR count). The molecule has 108 valence electrons. The van der Waals surface area contributed by atoms with Gasteiger partial charge in [0.05, 0.1) is 0 Å². The summed E-state index contributed by atoms with van der Waals surface area (Å²) < 4.78 is 0. The van der Waals surface area contributed by atoms with Crippen molar-refractivity contribution < 1.29 is 14.7 Å². The third-order valence-electron chi connectivity index (χ3n) is 3.30. The number of hydrogen-bond acceptors (Lipinski definition) is 2. The molecule has 0 fully saturated rings. The van der Waals surface area contributed by atoms with E-state index in [1.54, 1.807) is 36.4 Å². The number of nitrogens with zero attached hydrogens (tertiary/aromatic N) is 1. The summed E-state index contributed by atoms with van der Waals surface area (Å²) in [5.41, 5.74) is 2.09. The Morgan fingerprint density at radius 3 is 2.10 bits per heavy atom. The normalized spacial score (nSPS) is 11.7. The van der Waals surface area contributed by atoms with Gasteiger partial charge in [-0.3, -0.25) is 9.69 Å². The Labute approximate surface area is 123 Å². The first-order valence-corrected chi connectivity index (χ1v) is 6.69. The molecular weight excluding hydrogens is 266 g/mol. The van der Waals surface area contributed by atoms with Crippen LogP contribution >= 0.6 is 0 Å². The molecule has 1 N–H and O–H groups in total. The van der Waals surface area contributed by atoms with Gasteiger partial charge in [0, 0.05) is 11.3 Å². The van der Waals surface area contributed by atoms with E-state index < -0.39 is 12.0 Å². The van der Waals surface area contributed by atoms with Crippen molar-refractivity contribution in [1.29, 1.82) is 0 Å². The molecule has 21 heavy (non-hydrogen) atoms. The van der Waals surface area contributed by atoms with E-state index in [0.717, 1.165) is 5.56 Å². The van der Waals surface area contributed by atoms with Gasteiger partial charge in [0.25, 0.3) is 5.91 Å². The Hall–Kier alpha value is -2.62. The number of carboxylic acid groups (broad SMARTS) is 1. The summed E-state index contributed by atoms with van der Waals surface area (Å²) >= 11 is 0. The monoisotopic (exact) mass is 283 g/mol. The third kappa shape index (κ3) is 3.28. The van der Waals surface area contributed by atoms with Crippen molar-refractivity contribution in [2.24, 2.45) is 0 Å². The second-order valence-corrected chi connectivity index (χ2v) is 4.89. The summed E-state index contributed by atoms with van der Waals surface area (Å²) in [6.07, 6.45) is 0. The summed E-state index contributed by atoms with van der Waals surface area (Å²) in [5.74, 6) is -1.37. The lowest BCUT2D eigenvalue weighted by Crippen LogP contribution is -2.43. The smallest absolute Gasteiger partial charge is 0.326 e. The average Bonchev–Trinajstić information content (AvgIpc) is 2.50. The van der Waals surface area contributed by atoms with Crippen molar-refractivity contribution in [1.82, 2.24) is 0 Å². The summed E-state index contributed by atoms with van der Waals surface area (Å²) in [6, 6.07) is 15.0. The van der Waals surface area contributed by atoms with Gasteiger partial charge in [-0.25, -0.2) is 4.79 Å². The van der Waals surface area contributed by atoms with Crippen LogP contribution in [0.5, 0.6) is 0 Å². The number of benzene rings is 2. The SMILES string of the molecule is Cc1ccc(N(C(=O)c2ccccc2)[C@@H](C)C(=O)O)cc1. The molecular formula is C17H17NO3. The fourth-order valence-electron chi connectivity index (χ4n) is 2.05. The zero-order valence-electron chi connectivity index (χ0n) is 12.0. The molecule has 1 amide bonds. The maximum absolute atomic E-state index is 12.6. The third-order valence-corrected chi connectivity index (χ3v) is 3.30. The van der Waals surface area contributed by atoms with E-state index in [9.17, 15) is 14.7 Å². The highest BCUT2D eigenvalue weighted by Crippen LogP contribution is 2.21. The number of carbonyl (C=O) groups excluding carboxylic acids is 1. The quantitative estimate of drug-likeness (QED) is 0.938. The highest BCUT2D eigenvalue weighted by atomic mass is 16.4. The molecule has 1 atom stereocenters. The molecule has 0 heterocycles. The van der Waals surface area contributed by atoms with E-state index in [4.69, 9.17) is 0 Å². The van der Waals surface area contributed by atoms with Crippen LogP contribution in [-0.2, 0) is 4.79 Å². The Kier molecular flexibility index (Phi) is 4.38. The highest BCUT2D eigenvalue weighted by molar-refractivity contribution is 6.09. The molecule has 0 aromatic heterocycles. The lowest BCUT2D eigenvalue weighted by Gasteiger charge is -2.27. The minimum absolute atomic E-state index is 0.325. The van der Waals surface area contributed by atoms with Crippen LogP contribution in [0.3, 0.4) is 0 Å². The zero-order valence-corrected chi connectivity index (χ0v) is 12.0. The molecule has 0 bridgehead atoms. The molecule has 2 aromatic rings. The van der Waals surface area contributed by atoms with Crippen LogP contribution in [0.25, 0.3) is 0 Å². The molecule has 0 saturated heterocycles. The van der Waals surface area contributed by atoms with Crippen molar-refractivity contribution >= 4 is 17.6 Å². The van der Waals surface area contributed by atoms with Crippen molar-refractivity contribution in [3.05, 3.63) is 65.7 Å². The molecule has 4 nitrogen and oxygen atoms in total. The summed E-state index contributed by atoms with van der Waals surface area (Å²) in [5, 5.41) is 9.27. The van der Waals surface area contributed by atoms with Gasteiger partial charge >= 0.3 is 5.97 Å². The number of amides is 1. The van der Waals surface area contributed by atoms with Crippen molar-refractivity contribution in [3.8, 4) is 0 Å². The minimum Gasteiger partial charge on any atom is -0.480 e. The molecule has 0 unspecified atom stereocenters. The number of rotatable bonds is 4. The first-order chi connectivity index (χ1) is 10.0.